The summed E-state index contributed by atoms with van der Waals surface area (Å²) in [6.45, 7) is 7.32. The van der Waals surface area contributed by atoms with Crippen LogP contribution in [0.3, 0.4) is 0 Å². The Morgan fingerprint density at radius 2 is 1.67 bits per heavy atom. The molecule has 1 aliphatic rings. The summed E-state index contributed by atoms with van der Waals surface area (Å²) < 4.78 is 45.6. The molecule has 4 nitrogen and oxygen atoms in total. The molecule has 1 fully saturated rings. The molecule has 0 radical (unpaired) electrons. The van der Waals surface area contributed by atoms with Crippen LogP contribution in [0.15, 0.2) is 16.6 Å². The average molecular weight is 405 g/mol. The number of methoxy groups -OCH3 is 1. The van der Waals surface area contributed by atoms with Gasteiger partial charge in [-0.25, -0.2) is 8.78 Å². The molecule has 0 aliphatic carbocycles. The van der Waals surface area contributed by atoms with Crippen LogP contribution in [-0.2, 0) is 18.8 Å². The molecule has 24 heavy (non-hydrogen) atoms. The van der Waals surface area contributed by atoms with Crippen LogP contribution in [0.1, 0.15) is 45.5 Å². The minimum atomic E-state index is -0.973. The van der Waals surface area contributed by atoms with Gasteiger partial charge >= 0.3 is 13.1 Å². The predicted molar refractivity (Wildman–Crippen MR) is 89.5 cm³/mol. The SMILES string of the molecule is COC(=O)CC(B1OC(C)(C)C(C)(C)O1)c1c(F)cc(Br)cc1F. The number of halogens is 3. The van der Waals surface area contributed by atoms with Gasteiger partial charge in [-0.15, -0.1) is 0 Å². The van der Waals surface area contributed by atoms with Crippen LogP contribution in [0.5, 0.6) is 0 Å². The number of carbonyl (C=O) groups excluding carboxylic acids is 1. The fourth-order valence-corrected chi connectivity index (χ4v) is 2.96. The van der Waals surface area contributed by atoms with Gasteiger partial charge in [0.1, 0.15) is 11.6 Å². The zero-order chi connectivity index (χ0) is 18.3. The average Bonchev–Trinajstić information content (AvgIpc) is 2.64. The first-order valence-corrected chi connectivity index (χ1v) is 8.34. The van der Waals surface area contributed by atoms with Gasteiger partial charge in [0.25, 0.3) is 0 Å². The largest absolute Gasteiger partial charge is 0.469 e. The van der Waals surface area contributed by atoms with Crippen molar-refractivity contribution in [3.05, 3.63) is 33.8 Å². The van der Waals surface area contributed by atoms with Gasteiger partial charge < -0.3 is 14.0 Å². The maximum atomic E-state index is 14.4. The van der Waals surface area contributed by atoms with E-state index in [-0.39, 0.29) is 16.5 Å². The minimum absolute atomic E-state index is 0.248. The monoisotopic (exact) mass is 404 g/mol. The topological polar surface area (TPSA) is 44.8 Å². The highest BCUT2D eigenvalue weighted by molar-refractivity contribution is 9.10. The van der Waals surface area contributed by atoms with Crippen molar-refractivity contribution in [1.82, 2.24) is 0 Å². The molecule has 0 spiro atoms. The van der Waals surface area contributed by atoms with Crippen molar-refractivity contribution in [2.24, 2.45) is 0 Å². The summed E-state index contributed by atoms with van der Waals surface area (Å²) in [6.07, 6.45) is -0.261. The van der Waals surface area contributed by atoms with Crippen LogP contribution in [0.4, 0.5) is 8.78 Å². The van der Waals surface area contributed by atoms with E-state index in [4.69, 9.17) is 9.31 Å². The predicted octanol–water partition coefficient (Wildman–Crippen LogP) is 4.01. The first kappa shape index (κ1) is 19.3. The summed E-state index contributed by atoms with van der Waals surface area (Å²) in [7, 11) is 0.247. The Morgan fingerprint density at radius 1 is 1.21 bits per heavy atom. The number of carbonyl (C=O) groups is 1. The summed E-state index contributed by atoms with van der Waals surface area (Å²) in [5.74, 6) is -3.11. The van der Waals surface area contributed by atoms with Crippen LogP contribution in [0.2, 0.25) is 0 Å². The van der Waals surface area contributed by atoms with E-state index >= 15 is 0 Å². The van der Waals surface area contributed by atoms with Gasteiger partial charge in [-0.3, -0.25) is 4.79 Å². The molecule has 1 aliphatic heterocycles. The normalized spacial score (nSPS) is 20.1. The molecule has 0 aromatic heterocycles. The third-order valence-electron chi connectivity index (χ3n) is 4.63. The third kappa shape index (κ3) is 3.65. The Morgan fingerprint density at radius 3 is 2.08 bits per heavy atom. The van der Waals surface area contributed by atoms with Crippen molar-refractivity contribution in [2.75, 3.05) is 7.11 Å². The van der Waals surface area contributed by atoms with E-state index < -0.39 is 41.7 Å². The van der Waals surface area contributed by atoms with Gasteiger partial charge in [0.15, 0.2) is 0 Å². The molecule has 1 heterocycles. The van der Waals surface area contributed by atoms with E-state index in [0.717, 1.165) is 12.1 Å². The zero-order valence-corrected chi connectivity index (χ0v) is 15.9. The number of rotatable bonds is 4. The Balaban J connectivity index is 2.46. The van der Waals surface area contributed by atoms with E-state index in [1.54, 1.807) is 0 Å². The van der Waals surface area contributed by atoms with Gasteiger partial charge in [0.2, 0.25) is 0 Å². The van der Waals surface area contributed by atoms with E-state index in [1.807, 2.05) is 27.7 Å². The Labute approximate surface area is 149 Å². The lowest BCUT2D eigenvalue weighted by molar-refractivity contribution is -0.140. The van der Waals surface area contributed by atoms with Gasteiger partial charge in [0, 0.05) is 15.9 Å². The first-order chi connectivity index (χ1) is 11.0. The molecule has 2 rings (SSSR count). The highest BCUT2D eigenvalue weighted by Crippen LogP contribution is 2.43. The molecule has 1 aromatic carbocycles. The highest BCUT2D eigenvalue weighted by atomic mass is 79.9. The standard InChI is InChI=1S/C16H20BBrF2O4/c1-15(2)16(3,4)24-17(23-15)10(8-13(21)22-5)14-11(19)6-9(18)7-12(14)20/h6-7,10H,8H2,1-5H3. The molecule has 0 bridgehead atoms. The lowest BCUT2D eigenvalue weighted by atomic mass is 9.66. The quantitative estimate of drug-likeness (QED) is 0.561. The molecular weight excluding hydrogens is 385 g/mol. The molecule has 1 saturated heterocycles. The van der Waals surface area contributed by atoms with Gasteiger partial charge in [-0.05, 0) is 39.8 Å². The van der Waals surface area contributed by atoms with E-state index in [9.17, 15) is 13.6 Å². The molecule has 132 valence electrons. The van der Waals surface area contributed by atoms with Crippen molar-refractivity contribution in [3.63, 3.8) is 0 Å². The van der Waals surface area contributed by atoms with Crippen LogP contribution in [-0.4, -0.2) is 31.4 Å². The number of hydrogen-bond acceptors (Lipinski definition) is 4. The van der Waals surface area contributed by atoms with Crippen molar-refractivity contribution in [1.29, 1.82) is 0 Å². The lowest BCUT2D eigenvalue weighted by Gasteiger charge is -2.32. The molecule has 1 atom stereocenters. The molecule has 0 N–H and O–H groups in total. The Hall–Kier alpha value is -0.985. The summed E-state index contributed by atoms with van der Waals surface area (Å²) in [5.41, 5.74) is -1.62. The van der Waals surface area contributed by atoms with Crippen LogP contribution in [0, 0.1) is 11.6 Å². The van der Waals surface area contributed by atoms with E-state index in [2.05, 4.69) is 20.7 Å². The van der Waals surface area contributed by atoms with Crippen molar-refractivity contribution in [2.45, 2.75) is 51.1 Å². The van der Waals surface area contributed by atoms with Gasteiger partial charge in [0.05, 0.1) is 24.7 Å². The van der Waals surface area contributed by atoms with Gasteiger partial charge in [-0.2, -0.15) is 0 Å². The van der Waals surface area contributed by atoms with E-state index in [0.29, 0.717) is 0 Å². The number of benzene rings is 1. The van der Waals surface area contributed by atoms with Crippen molar-refractivity contribution < 1.29 is 27.6 Å². The second-order valence-electron chi connectivity index (χ2n) is 6.79. The minimum Gasteiger partial charge on any atom is -0.469 e. The summed E-state index contributed by atoms with van der Waals surface area (Å²) in [4.78, 5) is 11.8. The smallest absolute Gasteiger partial charge is 0.466 e. The molecule has 0 amide bonds. The fraction of sp³-hybridized carbons (Fsp3) is 0.562. The molecular formula is C16H20BBrF2O4. The maximum absolute atomic E-state index is 14.4. The zero-order valence-electron chi connectivity index (χ0n) is 14.3. The number of ether oxygens (including phenoxy) is 1. The Bertz CT molecular complexity index is 612. The fourth-order valence-electron chi connectivity index (χ4n) is 2.56. The summed E-state index contributed by atoms with van der Waals surface area (Å²) >= 11 is 3.05. The second-order valence-corrected chi connectivity index (χ2v) is 7.71. The van der Waals surface area contributed by atoms with E-state index in [1.165, 1.54) is 7.11 Å². The first-order valence-electron chi connectivity index (χ1n) is 7.55. The Kier molecular flexibility index (Phi) is 5.42. The summed E-state index contributed by atoms with van der Waals surface area (Å²) in [6, 6.07) is 2.29. The van der Waals surface area contributed by atoms with Crippen LogP contribution in [0.25, 0.3) is 0 Å². The number of hydrogen-bond donors (Lipinski definition) is 0. The molecule has 8 heteroatoms. The van der Waals surface area contributed by atoms with Crippen LogP contribution >= 0.6 is 15.9 Å². The maximum Gasteiger partial charge on any atom is 0.466 e. The molecule has 1 aromatic rings. The highest BCUT2D eigenvalue weighted by Gasteiger charge is 2.55. The molecule has 0 saturated carbocycles. The van der Waals surface area contributed by atoms with Crippen molar-refractivity contribution in [3.8, 4) is 0 Å². The number of esters is 1. The second kappa shape index (κ2) is 6.73. The van der Waals surface area contributed by atoms with Crippen molar-refractivity contribution >= 4 is 29.0 Å². The molecule has 1 unspecified atom stereocenters. The summed E-state index contributed by atoms with van der Waals surface area (Å²) in [5, 5.41) is 0. The van der Waals surface area contributed by atoms with Crippen LogP contribution < -0.4 is 0 Å². The lowest BCUT2D eigenvalue weighted by Crippen LogP contribution is -2.41. The third-order valence-corrected chi connectivity index (χ3v) is 5.09. The van der Waals surface area contributed by atoms with Gasteiger partial charge in [-0.1, -0.05) is 15.9 Å².